The van der Waals surface area contributed by atoms with Gasteiger partial charge in [0.15, 0.2) is 0 Å². The Balaban J connectivity index is 2.41. The molecule has 0 spiro atoms. The van der Waals surface area contributed by atoms with Crippen LogP contribution in [-0.2, 0) is 0 Å². The number of hydrogen-bond acceptors (Lipinski definition) is 3. The highest BCUT2D eigenvalue weighted by Crippen LogP contribution is 2.10. The van der Waals surface area contributed by atoms with Gasteiger partial charge in [0.1, 0.15) is 5.82 Å². The molecule has 1 unspecified atom stereocenters. The molecule has 1 rings (SSSR count). The lowest BCUT2D eigenvalue weighted by Crippen LogP contribution is -2.09. The SMILES string of the molecule is CCC(Br)CCNc1cnc(C)c(C)n1. The molecule has 3 nitrogen and oxygen atoms in total. The van der Waals surface area contributed by atoms with Crippen LogP contribution in [0, 0.1) is 13.8 Å². The third-order valence-corrected chi connectivity index (χ3v) is 3.50. The Kier molecular flexibility index (Phi) is 5.02. The van der Waals surface area contributed by atoms with Crippen LogP contribution in [0.1, 0.15) is 31.2 Å². The van der Waals surface area contributed by atoms with Crippen LogP contribution in [0.25, 0.3) is 0 Å². The Bertz CT molecular complexity index is 315. The van der Waals surface area contributed by atoms with Crippen LogP contribution in [-0.4, -0.2) is 21.3 Å². The van der Waals surface area contributed by atoms with Gasteiger partial charge in [0.25, 0.3) is 0 Å². The number of anilines is 1. The maximum Gasteiger partial charge on any atom is 0.144 e. The van der Waals surface area contributed by atoms with Crippen molar-refractivity contribution in [3.8, 4) is 0 Å². The van der Waals surface area contributed by atoms with Crippen LogP contribution in [0.5, 0.6) is 0 Å². The third-order valence-electron chi connectivity index (χ3n) is 2.40. The first-order valence-corrected chi connectivity index (χ1v) is 6.23. The first kappa shape index (κ1) is 12.4. The van der Waals surface area contributed by atoms with E-state index in [0.29, 0.717) is 4.83 Å². The predicted octanol–water partition coefficient (Wildman–Crippen LogP) is 3.07. The molecule has 1 heterocycles. The van der Waals surface area contributed by atoms with Crippen molar-refractivity contribution in [3.63, 3.8) is 0 Å². The summed E-state index contributed by atoms with van der Waals surface area (Å²) >= 11 is 3.60. The van der Waals surface area contributed by atoms with Gasteiger partial charge in [0, 0.05) is 11.4 Å². The van der Waals surface area contributed by atoms with Crippen molar-refractivity contribution in [2.45, 2.75) is 38.4 Å². The van der Waals surface area contributed by atoms with E-state index in [1.165, 1.54) is 0 Å². The third kappa shape index (κ3) is 4.16. The maximum atomic E-state index is 4.41. The summed E-state index contributed by atoms with van der Waals surface area (Å²) in [5.41, 5.74) is 1.98. The van der Waals surface area contributed by atoms with Gasteiger partial charge in [-0.3, -0.25) is 4.98 Å². The van der Waals surface area contributed by atoms with E-state index in [1.54, 1.807) is 6.20 Å². The minimum Gasteiger partial charge on any atom is -0.369 e. The molecule has 0 aliphatic carbocycles. The number of aromatic nitrogens is 2. The van der Waals surface area contributed by atoms with Gasteiger partial charge in [0.2, 0.25) is 0 Å². The minimum atomic E-state index is 0.588. The fourth-order valence-corrected chi connectivity index (χ4v) is 1.42. The summed E-state index contributed by atoms with van der Waals surface area (Å²) < 4.78 is 0. The molecule has 0 aliphatic heterocycles. The lowest BCUT2D eigenvalue weighted by Gasteiger charge is -2.09. The van der Waals surface area contributed by atoms with Gasteiger partial charge in [-0.1, -0.05) is 22.9 Å². The van der Waals surface area contributed by atoms with Gasteiger partial charge in [-0.25, -0.2) is 4.98 Å². The zero-order valence-corrected chi connectivity index (χ0v) is 11.1. The summed E-state index contributed by atoms with van der Waals surface area (Å²) in [6, 6.07) is 0. The van der Waals surface area contributed by atoms with Crippen LogP contribution in [0.15, 0.2) is 6.20 Å². The van der Waals surface area contributed by atoms with Gasteiger partial charge >= 0.3 is 0 Å². The van der Waals surface area contributed by atoms with E-state index in [9.17, 15) is 0 Å². The molecule has 0 amide bonds. The molecule has 1 N–H and O–H groups in total. The lowest BCUT2D eigenvalue weighted by atomic mass is 10.2. The number of rotatable bonds is 5. The smallest absolute Gasteiger partial charge is 0.144 e. The van der Waals surface area contributed by atoms with E-state index in [0.717, 1.165) is 36.6 Å². The van der Waals surface area contributed by atoms with Gasteiger partial charge in [0.05, 0.1) is 17.6 Å². The van der Waals surface area contributed by atoms with Crippen molar-refractivity contribution in [2.75, 3.05) is 11.9 Å². The zero-order chi connectivity index (χ0) is 11.3. The van der Waals surface area contributed by atoms with E-state index in [2.05, 4.69) is 38.1 Å². The molecule has 0 fully saturated rings. The lowest BCUT2D eigenvalue weighted by molar-refractivity contribution is 0.772. The molecule has 15 heavy (non-hydrogen) atoms. The highest BCUT2D eigenvalue weighted by Gasteiger charge is 2.01. The molecule has 4 heteroatoms. The molecule has 0 aromatic carbocycles. The van der Waals surface area contributed by atoms with Crippen molar-refractivity contribution in [1.29, 1.82) is 0 Å². The summed E-state index contributed by atoms with van der Waals surface area (Å²) in [4.78, 5) is 9.25. The number of nitrogens with one attached hydrogen (secondary N) is 1. The molecule has 0 saturated carbocycles. The monoisotopic (exact) mass is 271 g/mol. The van der Waals surface area contributed by atoms with E-state index in [1.807, 2.05) is 13.8 Å². The number of hydrogen-bond donors (Lipinski definition) is 1. The van der Waals surface area contributed by atoms with Crippen molar-refractivity contribution >= 4 is 21.7 Å². The van der Waals surface area contributed by atoms with Crippen molar-refractivity contribution in [2.24, 2.45) is 0 Å². The number of nitrogens with zero attached hydrogens (tertiary/aromatic N) is 2. The zero-order valence-electron chi connectivity index (χ0n) is 9.55. The van der Waals surface area contributed by atoms with Crippen LogP contribution in [0.4, 0.5) is 5.82 Å². The standard InChI is InChI=1S/C11H18BrN3/c1-4-10(12)5-6-13-11-7-14-8(2)9(3)15-11/h7,10H,4-6H2,1-3H3,(H,13,15). The maximum absolute atomic E-state index is 4.41. The Hall–Kier alpha value is -0.640. The summed E-state index contributed by atoms with van der Waals surface area (Å²) in [5, 5.41) is 3.27. The fourth-order valence-electron chi connectivity index (χ4n) is 1.19. The average molecular weight is 272 g/mol. The normalized spacial score (nSPS) is 12.5. The Morgan fingerprint density at radius 3 is 2.73 bits per heavy atom. The molecule has 0 radical (unpaired) electrons. The largest absolute Gasteiger partial charge is 0.369 e. The van der Waals surface area contributed by atoms with Gasteiger partial charge in [-0.15, -0.1) is 0 Å². The van der Waals surface area contributed by atoms with Gasteiger partial charge in [-0.2, -0.15) is 0 Å². The van der Waals surface area contributed by atoms with Crippen molar-refractivity contribution in [3.05, 3.63) is 17.6 Å². The first-order chi connectivity index (χ1) is 7.13. The molecule has 0 aliphatic rings. The van der Waals surface area contributed by atoms with E-state index in [4.69, 9.17) is 0 Å². The second-order valence-electron chi connectivity index (χ2n) is 3.65. The number of aryl methyl sites for hydroxylation is 2. The van der Waals surface area contributed by atoms with E-state index < -0.39 is 0 Å². The quantitative estimate of drug-likeness (QED) is 0.837. The van der Waals surface area contributed by atoms with Gasteiger partial charge in [-0.05, 0) is 26.7 Å². The number of alkyl halides is 1. The molecule has 1 aromatic rings. The van der Waals surface area contributed by atoms with E-state index >= 15 is 0 Å². The molecule has 0 saturated heterocycles. The summed E-state index contributed by atoms with van der Waals surface area (Å²) in [6.07, 6.45) is 4.04. The minimum absolute atomic E-state index is 0.588. The molecular weight excluding hydrogens is 254 g/mol. The second-order valence-corrected chi connectivity index (χ2v) is 4.94. The Morgan fingerprint density at radius 2 is 2.13 bits per heavy atom. The topological polar surface area (TPSA) is 37.8 Å². The second kappa shape index (κ2) is 6.05. The van der Waals surface area contributed by atoms with Crippen molar-refractivity contribution < 1.29 is 0 Å². The van der Waals surface area contributed by atoms with Gasteiger partial charge < -0.3 is 5.32 Å². The van der Waals surface area contributed by atoms with Crippen LogP contribution in [0.2, 0.25) is 0 Å². The van der Waals surface area contributed by atoms with Crippen molar-refractivity contribution in [1.82, 2.24) is 9.97 Å². The molecule has 84 valence electrons. The summed E-state index contributed by atoms with van der Waals surface area (Å²) in [5.74, 6) is 0.869. The highest BCUT2D eigenvalue weighted by atomic mass is 79.9. The van der Waals surface area contributed by atoms with Crippen LogP contribution < -0.4 is 5.32 Å². The number of halogens is 1. The average Bonchev–Trinajstić information content (AvgIpc) is 2.23. The predicted molar refractivity (Wildman–Crippen MR) is 67.6 cm³/mol. The first-order valence-electron chi connectivity index (χ1n) is 5.31. The Morgan fingerprint density at radius 1 is 1.40 bits per heavy atom. The summed E-state index contributed by atoms with van der Waals surface area (Å²) in [6.45, 7) is 7.06. The molecule has 0 bridgehead atoms. The van der Waals surface area contributed by atoms with E-state index in [-0.39, 0.29) is 0 Å². The Labute approximate surface area is 99.8 Å². The molecular formula is C11H18BrN3. The molecule has 1 aromatic heterocycles. The van der Waals surface area contributed by atoms with Crippen LogP contribution >= 0.6 is 15.9 Å². The summed E-state index contributed by atoms with van der Waals surface area (Å²) in [7, 11) is 0. The highest BCUT2D eigenvalue weighted by molar-refractivity contribution is 9.09. The molecule has 1 atom stereocenters. The van der Waals surface area contributed by atoms with Crippen LogP contribution in [0.3, 0.4) is 0 Å². The fraction of sp³-hybridized carbons (Fsp3) is 0.636.